The number of carbonyl (C=O) groups is 3. The highest BCUT2D eigenvalue weighted by Gasteiger charge is 2.15. The maximum absolute atomic E-state index is 12.6. The highest BCUT2D eigenvalue weighted by Crippen LogP contribution is 2.18. The first kappa shape index (κ1) is 19.9. The first-order chi connectivity index (χ1) is 13.9. The molecule has 3 N–H and O–H groups in total. The molecule has 7 nitrogen and oxygen atoms in total. The molecular formula is C22H21N3O4. The van der Waals surface area contributed by atoms with Gasteiger partial charge in [0.25, 0.3) is 17.7 Å². The Bertz CT molecular complexity index is 1010. The minimum Gasteiger partial charge on any atom is -0.459 e. The van der Waals surface area contributed by atoms with Gasteiger partial charge in [0.15, 0.2) is 5.76 Å². The van der Waals surface area contributed by atoms with E-state index in [1.807, 2.05) is 13.8 Å². The maximum atomic E-state index is 12.6. The molecule has 7 heteroatoms. The normalized spacial score (nSPS) is 10.4. The number of para-hydroxylation sites is 1. The van der Waals surface area contributed by atoms with Gasteiger partial charge in [-0.3, -0.25) is 14.4 Å². The molecule has 29 heavy (non-hydrogen) atoms. The molecule has 3 rings (SSSR count). The van der Waals surface area contributed by atoms with E-state index in [2.05, 4.69) is 16.0 Å². The lowest BCUT2D eigenvalue weighted by Gasteiger charge is -2.13. The van der Waals surface area contributed by atoms with E-state index in [9.17, 15) is 14.4 Å². The fraction of sp³-hybridized carbons (Fsp3) is 0.136. The lowest BCUT2D eigenvalue weighted by molar-refractivity contribution is 0.0943. The van der Waals surface area contributed by atoms with Crippen molar-refractivity contribution in [3.8, 4) is 0 Å². The van der Waals surface area contributed by atoms with Gasteiger partial charge in [-0.05, 0) is 62.4 Å². The highest BCUT2D eigenvalue weighted by molar-refractivity contribution is 6.09. The van der Waals surface area contributed by atoms with E-state index in [0.29, 0.717) is 22.5 Å². The first-order valence-corrected chi connectivity index (χ1v) is 9.10. The van der Waals surface area contributed by atoms with Crippen molar-refractivity contribution in [2.75, 3.05) is 10.6 Å². The van der Waals surface area contributed by atoms with Gasteiger partial charge < -0.3 is 20.4 Å². The Hall–Kier alpha value is -3.87. The van der Waals surface area contributed by atoms with E-state index in [0.717, 1.165) is 0 Å². The number of hydrogen-bond donors (Lipinski definition) is 3. The van der Waals surface area contributed by atoms with Crippen LogP contribution in [0.1, 0.15) is 45.1 Å². The molecule has 0 radical (unpaired) electrons. The number of benzene rings is 2. The van der Waals surface area contributed by atoms with Crippen LogP contribution in [0.5, 0.6) is 0 Å². The zero-order valence-electron chi connectivity index (χ0n) is 16.1. The van der Waals surface area contributed by atoms with E-state index < -0.39 is 0 Å². The fourth-order valence-electron chi connectivity index (χ4n) is 2.63. The molecule has 2 aromatic carbocycles. The summed E-state index contributed by atoms with van der Waals surface area (Å²) in [6.07, 6.45) is 1.42. The highest BCUT2D eigenvalue weighted by atomic mass is 16.3. The van der Waals surface area contributed by atoms with Crippen LogP contribution >= 0.6 is 0 Å². The molecule has 3 amide bonds. The predicted octanol–water partition coefficient (Wildman–Crippen LogP) is 3.92. The smallest absolute Gasteiger partial charge is 0.291 e. The second-order valence-corrected chi connectivity index (χ2v) is 6.64. The molecule has 1 heterocycles. The molecule has 1 aromatic heterocycles. The van der Waals surface area contributed by atoms with E-state index >= 15 is 0 Å². The lowest BCUT2D eigenvalue weighted by Crippen LogP contribution is -2.31. The first-order valence-electron chi connectivity index (χ1n) is 9.10. The molecule has 0 aliphatic rings. The van der Waals surface area contributed by atoms with Crippen molar-refractivity contribution in [2.24, 2.45) is 0 Å². The van der Waals surface area contributed by atoms with Gasteiger partial charge in [0.1, 0.15) is 0 Å². The van der Waals surface area contributed by atoms with Gasteiger partial charge in [-0.15, -0.1) is 0 Å². The molecular weight excluding hydrogens is 370 g/mol. The van der Waals surface area contributed by atoms with Gasteiger partial charge in [-0.2, -0.15) is 0 Å². The molecule has 148 valence electrons. The summed E-state index contributed by atoms with van der Waals surface area (Å²) in [5.41, 5.74) is 1.72. The average molecular weight is 391 g/mol. The van der Waals surface area contributed by atoms with Gasteiger partial charge in [0.05, 0.1) is 17.5 Å². The summed E-state index contributed by atoms with van der Waals surface area (Å²) >= 11 is 0. The zero-order chi connectivity index (χ0) is 20.8. The number of amides is 3. The third-order valence-corrected chi connectivity index (χ3v) is 3.99. The number of carbonyl (C=O) groups excluding carboxylic acids is 3. The number of furan rings is 1. The van der Waals surface area contributed by atoms with E-state index in [1.165, 1.54) is 6.26 Å². The van der Waals surface area contributed by atoms with Crippen molar-refractivity contribution in [3.63, 3.8) is 0 Å². The maximum Gasteiger partial charge on any atom is 0.291 e. The standard InChI is InChI=1S/C22H21N3O4/c1-14(2)23-21(27)17-6-3-4-7-18(17)25-20(26)15-9-11-16(12-10-15)24-22(28)19-8-5-13-29-19/h3-14H,1-2H3,(H,23,27)(H,24,28)(H,25,26). The second-order valence-electron chi connectivity index (χ2n) is 6.64. The van der Waals surface area contributed by atoms with Crippen molar-refractivity contribution in [1.29, 1.82) is 0 Å². The van der Waals surface area contributed by atoms with Crippen molar-refractivity contribution < 1.29 is 18.8 Å². The van der Waals surface area contributed by atoms with Crippen LogP contribution in [0.25, 0.3) is 0 Å². The Balaban J connectivity index is 1.69. The second kappa shape index (κ2) is 8.88. The molecule has 3 aromatic rings. The summed E-state index contributed by atoms with van der Waals surface area (Å²) in [5, 5.41) is 8.26. The van der Waals surface area contributed by atoms with Crippen LogP contribution in [0.15, 0.2) is 71.3 Å². The van der Waals surface area contributed by atoms with Crippen molar-refractivity contribution >= 4 is 29.1 Å². The molecule has 0 bridgehead atoms. The quantitative estimate of drug-likeness (QED) is 0.593. The summed E-state index contributed by atoms with van der Waals surface area (Å²) in [6, 6.07) is 16.4. The Morgan fingerprint density at radius 3 is 2.17 bits per heavy atom. The Kier molecular flexibility index (Phi) is 6.09. The van der Waals surface area contributed by atoms with Crippen LogP contribution in [0.2, 0.25) is 0 Å². The Morgan fingerprint density at radius 2 is 1.52 bits per heavy atom. The van der Waals surface area contributed by atoms with Gasteiger partial charge >= 0.3 is 0 Å². The molecule has 0 saturated heterocycles. The van der Waals surface area contributed by atoms with Crippen molar-refractivity contribution in [2.45, 2.75) is 19.9 Å². The fourth-order valence-corrected chi connectivity index (χ4v) is 2.63. The predicted molar refractivity (Wildman–Crippen MR) is 110 cm³/mol. The minimum atomic E-state index is -0.378. The van der Waals surface area contributed by atoms with Crippen molar-refractivity contribution in [3.05, 3.63) is 83.8 Å². The number of rotatable bonds is 6. The summed E-state index contributed by atoms with van der Waals surface area (Å²) in [5.74, 6) is -0.800. The molecule has 0 unspecified atom stereocenters. The van der Waals surface area contributed by atoms with Crippen LogP contribution in [0.4, 0.5) is 11.4 Å². The van der Waals surface area contributed by atoms with Crippen LogP contribution in [0, 0.1) is 0 Å². The molecule has 0 aliphatic carbocycles. The van der Waals surface area contributed by atoms with Crippen LogP contribution in [-0.2, 0) is 0 Å². The van der Waals surface area contributed by atoms with E-state index in [1.54, 1.807) is 60.7 Å². The monoisotopic (exact) mass is 391 g/mol. The van der Waals surface area contributed by atoms with Gasteiger partial charge in [-0.1, -0.05) is 12.1 Å². The molecule has 0 spiro atoms. The van der Waals surface area contributed by atoms with Crippen molar-refractivity contribution in [1.82, 2.24) is 5.32 Å². The third-order valence-electron chi connectivity index (χ3n) is 3.99. The zero-order valence-corrected chi connectivity index (χ0v) is 16.1. The average Bonchev–Trinajstić information content (AvgIpc) is 3.23. The summed E-state index contributed by atoms with van der Waals surface area (Å²) in [4.78, 5) is 36.9. The Morgan fingerprint density at radius 1 is 0.793 bits per heavy atom. The van der Waals surface area contributed by atoms with Crippen LogP contribution < -0.4 is 16.0 Å². The summed E-state index contributed by atoms with van der Waals surface area (Å²) in [7, 11) is 0. The van der Waals surface area contributed by atoms with Gasteiger partial charge in [0.2, 0.25) is 0 Å². The number of nitrogens with one attached hydrogen (secondary N) is 3. The Labute approximate surface area is 168 Å². The SMILES string of the molecule is CC(C)NC(=O)c1ccccc1NC(=O)c1ccc(NC(=O)c2ccco2)cc1. The largest absolute Gasteiger partial charge is 0.459 e. The minimum absolute atomic E-state index is 0.0183. The lowest BCUT2D eigenvalue weighted by atomic mass is 10.1. The van der Waals surface area contributed by atoms with Gasteiger partial charge in [-0.25, -0.2) is 0 Å². The number of anilines is 2. The van der Waals surface area contributed by atoms with Gasteiger partial charge in [0, 0.05) is 17.3 Å². The molecule has 0 saturated carbocycles. The molecule has 0 aliphatic heterocycles. The van der Waals surface area contributed by atoms with E-state index in [-0.39, 0.29) is 29.5 Å². The summed E-state index contributed by atoms with van der Waals surface area (Å²) in [6.45, 7) is 3.73. The third kappa shape index (κ3) is 5.10. The van der Waals surface area contributed by atoms with Crippen LogP contribution in [0.3, 0.4) is 0 Å². The number of hydrogen-bond acceptors (Lipinski definition) is 4. The topological polar surface area (TPSA) is 100 Å². The summed E-state index contributed by atoms with van der Waals surface area (Å²) < 4.78 is 5.04. The van der Waals surface area contributed by atoms with E-state index in [4.69, 9.17) is 4.42 Å². The molecule has 0 atom stereocenters. The van der Waals surface area contributed by atoms with Crippen LogP contribution in [-0.4, -0.2) is 23.8 Å². The molecule has 0 fully saturated rings.